The third kappa shape index (κ3) is 3.97. The van der Waals surface area contributed by atoms with Crippen LogP contribution < -0.4 is 5.32 Å². The Bertz CT molecular complexity index is 872. The number of hydrogen-bond acceptors (Lipinski definition) is 5. The molecule has 0 fully saturated rings. The van der Waals surface area contributed by atoms with Crippen molar-refractivity contribution in [1.29, 1.82) is 0 Å². The average molecular weight is 371 g/mol. The topological polar surface area (TPSA) is 121 Å². The number of aromatic nitrogens is 2. The number of nitrogens with zero attached hydrogens (tertiary/aromatic N) is 3. The molecular weight excluding hydrogens is 350 g/mol. The molecule has 0 unspecified atom stereocenters. The summed E-state index contributed by atoms with van der Waals surface area (Å²) in [5, 5.41) is 20.6. The van der Waals surface area contributed by atoms with Crippen LogP contribution in [0.3, 0.4) is 0 Å². The Morgan fingerprint density at radius 3 is 2.67 bits per heavy atom. The number of nitro groups is 1. The number of benzene rings is 1. The van der Waals surface area contributed by atoms with Crippen LogP contribution in [0.4, 0.5) is 5.69 Å². The van der Waals surface area contributed by atoms with Gasteiger partial charge in [-0.25, -0.2) is 0 Å². The van der Waals surface area contributed by atoms with Gasteiger partial charge in [-0.15, -0.1) is 0 Å². The van der Waals surface area contributed by atoms with Crippen molar-refractivity contribution in [2.24, 2.45) is 5.92 Å². The number of nitro benzene ring substituents is 1. The minimum atomic E-state index is -0.505. The van der Waals surface area contributed by atoms with Gasteiger partial charge in [-0.3, -0.25) is 24.8 Å². The zero-order valence-corrected chi connectivity index (χ0v) is 15.2. The fourth-order valence-electron chi connectivity index (χ4n) is 2.95. The van der Waals surface area contributed by atoms with Gasteiger partial charge in [0.05, 0.1) is 11.5 Å². The molecule has 0 saturated carbocycles. The summed E-state index contributed by atoms with van der Waals surface area (Å²) in [4.78, 5) is 37.0. The van der Waals surface area contributed by atoms with Gasteiger partial charge < -0.3 is 10.2 Å². The van der Waals surface area contributed by atoms with Crippen molar-refractivity contribution < 1.29 is 14.5 Å². The van der Waals surface area contributed by atoms with Crippen LogP contribution in [-0.2, 0) is 13.0 Å². The van der Waals surface area contributed by atoms with Gasteiger partial charge in [-0.05, 0) is 18.1 Å². The third-order valence-corrected chi connectivity index (χ3v) is 4.43. The largest absolute Gasteiger partial charge is 0.350 e. The van der Waals surface area contributed by atoms with Crippen molar-refractivity contribution in [2.45, 2.75) is 26.8 Å². The van der Waals surface area contributed by atoms with Gasteiger partial charge in [0.15, 0.2) is 5.69 Å². The van der Waals surface area contributed by atoms with Gasteiger partial charge in [0, 0.05) is 48.5 Å². The Balaban J connectivity index is 1.75. The van der Waals surface area contributed by atoms with Crippen LogP contribution in [0.25, 0.3) is 0 Å². The Kier molecular flexibility index (Phi) is 5.20. The van der Waals surface area contributed by atoms with Crippen LogP contribution in [0.15, 0.2) is 24.3 Å². The second kappa shape index (κ2) is 7.56. The van der Waals surface area contributed by atoms with Crippen LogP contribution in [0, 0.1) is 16.0 Å². The van der Waals surface area contributed by atoms with Crippen LogP contribution in [0.2, 0.25) is 0 Å². The second-order valence-electron chi connectivity index (χ2n) is 6.91. The Morgan fingerprint density at radius 2 is 2.04 bits per heavy atom. The molecule has 0 bridgehead atoms. The molecule has 3 rings (SSSR count). The molecule has 142 valence electrons. The quantitative estimate of drug-likeness (QED) is 0.614. The highest BCUT2D eigenvalue weighted by molar-refractivity contribution is 5.96. The van der Waals surface area contributed by atoms with E-state index < -0.39 is 4.92 Å². The van der Waals surface area contributed by atoms with E-state index in [0.29, 0.717) is 36.7 Å². The molecule has 0 spiro atoms. The summed E-state index contributed by atoms with van der Waals surface area (Å²) < 4.78 is 0. The summed E-state index contributed by atoms with van der Waals surface area (Å²) in [6, 6.07) is 5.51. The molecule has 2 aromatic rings. The zero-order chi connectivity index (χ0) is 19.6. The fourth-order valence-corrected chi connectivity index (χ4v) is 2.95. The predicted molar refractivity (Wildman–Crippen MR) is 97.3 cm³/mol. The SMILES string of the molecule is CC(C)CNC(=O)c1n[nH]c2c1CN(C(=O)c1ccc([N+](=O)[O-])cc1)CC2. The Labute approximate surface area is 155 Å². The smallest absolute Gasteiger partial charge is 0.272 e. The fraction of sp³-hybridized carbons (Fsp3) is 0.389. The number of amides is 2. The summed E-state index contributed by atoms with van der Waals surface area (Å²) in [6.45, 7) is 5.31. The average Bonchev–Trinajstić information content (AvgIpc) is 3.08. The van der Waals surface area contributed by atoms with Crippen molar-refractivity contribution in [2.75, 3.05) is 13.1 Å². The highest BCUT2D eigenvalue weighted by atomic mass is 16.6. The van der Waals surface area contributed by atoms with E-state index >= 15 is 0 Å². The second-order valence-corrected chi connectivity index (χ2v) is 6.91. The summed E-state index contributed by atoms with van der Waals surface area (Å²) >= 11 is 0. The number of rotatable bonds is 5. The monoisotopic (exact) mass is 371 g/mol. The number of nitrogens with one attached hydrogen (secondary N) is 2. The summed E-state index contributed by atoms with van der Waals surface area (Å²) in [6.07, 6.45) is 0.568. The number of fused-ring (bicyclic) bond motifs is 1. The maximum atomic E-state index is 12.7. The molecule has 2 heterocycles. The molecule has 1 aliphatic heterocycles. The summed E-state index contributed by atoms with van der Waals surface area (Å²) in [5.41, 5.74) is 2.20. The van der Waals surface area contributed by atoms with E-state index in [2.05, 4.69) is 15.5 Å². The van der Waals surface area contributed by atoms with E-state index in [-0.39, 0.29) is 24.0 Å². The van der Waals surface area contributed by atoms with Gasteiger partial charge in [-0.2, -0.15) is 5.10 Å². The van der Waals surface area contributed by atoms with E-state index in [9.17, 15) is 19.7 Å². The summed E-state index contributed by atoms with van der Waals surface area (Å²) in [7, 11) is 0. The summed E-state index contributed by atoms with van der Waals surface area (Å²) in [5.74, 6) is -0.167. The van der Waals surface area contributed by atoms with Crippen molar-refractivity contribution in [3.05, 3.63) is 56.9 Å². The van der Waals surface area contributed by atoms with Crippen molar-refractivity contribution >= 4 is 17.5 Å². The lowest BCUT2D eigenvalue weighted by Gasteiger charge is -2.27. The molecule has 0 radical (unpaired) electrons. The number of aromatic amines is 1. The van der Waals surface area contributed by atoms with E-state index in [0.717, 1.165) is 11.3 Å². The molecule has 0 aliphatic carbocycles. The molecule has 9 heteroatoms. The number of carbonyl (C=O) groups is 2. The first-order valence-electron chi connectivity index (χ1n) is 8.75. The maximum Gasteiger partial charge on any atom is 0.272 e. The Morgan fingerprint density at radius 1 is 1.33 bits per heavy atom. The first kappa shape index (κ1) is 18.6. The lowest BCUT2D eigenvalue weighted by Crippen LogP contribution is -2.37. The van der Waals surface area contributed by atoms with Gasteiger partial charge >= 0.3 is 0 Å². The first-order valence-corrected chi connectivity index (χ1v) is 8.75. The van der Waals surface area contributed by atoms with E-state index in [1.807, 2.05) is 13.8 Å². The van der Waals surface area contributed by atoms with Crippen LogP contribution in [0.5, 0.6) is 0 Å². The van der Waals surface area contributed by atoms with Crippen molar-refractivity contribution in [1.82, 2.24) is 20.4 Å². The minimum Gasteiger partial charge on any atom is -0.350 e. The standard InChI is InChI=1S/C18H21N5O4/c1-11(2)9-19-17(24)16-14-10-22(8-7-15(14)20-21-16)18(25)12-3-5-13(6-4-12)23(26)27/h3-6,11H,7-10H2,1-2H3,(H,19,24)(H,20,21). The van der Waals surface area contributed by atoms with Crippen LogP contribution in [0.1, 0.15) is 46.0 Å². The number of hydrogen-bond donors (Lipinski definition) is 2. The van der Waals surface area contributed by atoms with Crippen molar-refractivity contribution in [3.8, 4) is 0 Å². The molecule has 1 aliphatic rings. The maximum absolute atomic E-state index is 12.7. The van der Waals surface area contributed by atoms with E-state index in [1.165, 1.54) is 24.3 Å². The van der Waals surface area contributed by atoms with Crippen LogP contribution >= 0.6 is 0 Å². The molecule has 9 nitrogen and oxygen atoms in total. The van der Waals surface area contributed by atoms with Gasteiger partial charge in [0.2, 0.25) is 0 Å². The van der Waals surface area contributed by atoms with Crippen molar-refractivity contribution in [3.63, 3.8) is 0 Å². The molecular formula is C18H21N5O4. The van der Waals surface area contributed by atoms with E-state index in [4.69, 9.17) is 0 Å². The lowest BCUT2D eigenvalue weighted by atomic mass is 10.0. The normalized spacial score (nSPS) is 13.4. The predicted octanol–water partition coefficient (Wildman–Crippen LogP) is 1.90. The molecule has 2 amide bonds. The molecule has 0 saturated heterocycles. The highest BCUT2D eigenvalue weighted by Gasteiger charge is 2.28. The molecule has 1 aromatic heterocycles. The zero-order valence-electron chi connectivity index (χ0n) is 15.2. The third-order valence-electron chi connectivity index (χ3n) is 4.43. The van der Waals surface area contributed by atoms with Gasteiger partial charge in [0.25, 0.3) is 17.5 Å². The Hall–Kier alpha value is -3.23. The lowest BCUT2D eigenvalue weighted by molar-refractivity contribution is -0.384. The number of H-pyrrole nitrogens is 1. The van der Waals surface area contributed by atoms with Gasteiger partial charge in [0.1, 0.15) is 0 Å². The molecule has 2 N–H and O–H groups in total. The molecule has 0 atom stereocenters. The highest BCUT2D eigenvalue weighted by Crippen LogP contribution is 2.22. The van der Waals surface area contributed by atoms with Gasteiger partial charge in [-0.1, -0.05) is 13.8 Å². The number of carbonyl (C=O) groups excluding carboxylic acids is 2. The molecule has 27 heavy (non-hydrogen) atoms. The van der Waals surface area contributed by atoms with E-state index in [1.54, 1.807) is 4.90 Å². The van der Waals surface area contributed by atoms with Crippen LogP contribution in [-0.4, -0.2) is 44.9 Å². The minimum absolute atomic E-state index is 0.0635. The first-order chi connectivity index (χ1) is 12.9. The molecule has 1 aromatic carbocycles. The number of non-ortho nitro benzene ring substituents is 1.